The van der Waals surface area contributed by atoms with E-state index in [1.54, 1.807) is 0 Å². The molecular formula is C24H22N2O. The number of para-hydroxylation sites is 1. The molecule has 134 valence electrons. The van der Waals surface area contributed by atoms with Crippen molar-refractivity contribution in [2.75, 3.05) is 11.4 Å². The van der Waals surface area contributed by atoms with Gasteiger partial charge in [0.15, 0.2) is 5.75 Å². The van der Waals surface area contributed by atoms with E-state index in [1.165, 1.54) is 11.1 Å². The second-order valence-corrected chi connectivity index (χ2v) is 6.47. The molecule has 0 aromatic heterocycles. The third-order valence-corrected chi connectivity index (χ3v) is 4.55. The molecule has 0 amide bonds. The second kappa shape index (κ2) is 7.50. The normalized spacial score (nSPS) is 15.0. The van der Waals surface area contributed by atoms with E-state index in [-0.39, 0.29) is 0 Å². The molecule has 1 aliphatic rings. The Labute approximate surface area is 160 Å². The molecule has 3 heteroatoms. The smallest absolute Gasteiger partial charge is 0.202 e. The molecule has 4 rings (SSSR count). The monoisotopic (exact) mass is 354 g/mol. The number of hydrogen-bond acceptors (Lipinski definition) is 3. The highest BCUT2D eigenvalue weighted by Gasteiger charge is 2.25. The fourth-order valence-corrected chi connectivity index (χ4v) is 3.26. The molecule has 0 saturated heterocycles. The van der Waals surface area contributed by atoms with Gasteiger partial charge in [-0.25, -0.2) is 0 Å². The molecule has 0 N–H and O–H groups in total. The van der Waals surface area contributed by atoms with Crippen molar-refractivity contribution in [1.82, 2.24) is 0 Å². The van der Waals surface area contributed by atoms with Crippen LogP contribution in [0, 0.1) is 0 Å². The van der Waals surface area contributed by atoms with Crippen LogP contribution in [0.25, 0.3) is 11.1 Å². The van der Waals surface area contributed by atoms with Gasteiger partial charge in [-0.1, -0.05) is 54.6 Å². The van der Waals surface area contributed by atoms with Crippen molar-refractivity contribution in [3.8, 4) is 16.9 Å². The van der Waals surface area contributed by atoms with Gasteiger partial charge in [0, 0.05) is 18.3 Å². The lowest BCUT2D eigenvalue weighted by Gasteiger charge is -2.16. The standard InChI is InChI=1S/C24H22N2O/c1-3-26-22-17-20(19-10-6-4-7-11-19)14-15-23(22)27-24(26)16-18(2)25-21-12-8-5-9-13-21/h4-17H,3H2,1-2H3. The lowest BCUT2D eigenvalue weighted by molar-refractivity contribution is 0.441. The van der Waals surface area contributed by atoms with Crippen molar-refractivity contribution in [3.05, 3.63) is 90.8 Å². The van der Waals surface area contributed by atoms with Gasteiger partial charge in [0.2, 0.25) is 5.88 Å². The van der Waals surface area contributed by atoms with E-state index >= 15 is 0 Å². The van der Waals surface area contributed by atoms with Crippen LogP contribution in [0.1, 0.15) is 13.8 Å². The molecule has 3 aromatic carbocycles. The number of allylic oxidation sites excluding steroid dienone is 1. The lowest BCUT2D eigenvalue weighted by Crippen LogP contribution is -2.20. The maximum absolute atomic E-state index is 6.12. The summed E-state index contributed by atoms with van der Waals surface area (Å²) in [7, 11) is 0. The summed E-state index contributed by atoms with van der Waals surface area (Å²) in [5, 5.41) is 0. The predicted octanol–water partition coefficient (Wildman–Crippen LogP) is 6.21. The fourth-order valence-electron chi connectivity index (χ4n) is 3.26. The Morgan fingerprint density at radius 3 is 2.33 bits per heavy atom. The zero-order valence-corrected chi connectivity index (χ0v) is 15.6. The highest BCUT2D eigenvalue weighted by atomic mass is 16.5. The Hall–Kier alpha value is -3.33. The molecule has 1 heterocycles. The molecule has 0 radical (unpaired) electrons. The van der Waals surface area contributed by atoms with E-state index in [2.05, 4.69) is 53.2 Å². The summed E-state index contributed by atoms with van der Waals surface area (Å²) in [6, 6.07) is 26.7. The number of rotatable bonds is 4. The van der Waals surface area contributed by atoms with Gasteiger partial charge < -0.3 is 9.64 Å². The van der Waals surface area contributed by atoms with Crippen LogP contribution in [0.2, 0.25) is 0 Å². The van der Waals surface area contributed by atoms with Crippen molar-refractivity contribution in [2.24, 2.45) is 4.99 Å². The minimum Gasteiger partial charge on any atom is -0.439 e. The molecule has 0 saturated carbocycles. The van der Waals surface area contributed by atoms with Gasteiger partial charge in [0.25, 0.3) is 0 Å². The molecular weight excluding hydrogens is 332 g/mol. The van der Waals surface area contributed by atoms with Gasteiger partial charge in [-0.05, 0) is 49.2 Å². The third-order valence-electron chi connectivity index (χ3n) is 4.55. The summed E-state index contributed by atoms with van der Waals surface area (Å²) in [6.45, 7) is 4.95. The predicted molar refractivity (Wildman–Crippen MR) is 113 cm³/mol. The summed E-state index contributed by atoms with van der Waals surface area (Å²) >= 11 is 0. The number of aliphatic imine (C=N–C) groups is 1. The van der Waals surface area contributed by atoms with Gasteiger partial charge in [0.05, 0.1) is 11.4 Å². The van der Waals surface area contributed by atoms with E-state index in [0.29, 0.717) is 0 Å². The first-order valence-electron chi connectivity index (χ1n) is 9.21. The van der Waals surface area contributed by atoms with Gasteiger partial charge in [-0.3, -0.25) is 4.99 Å². The first-order valence-corrected chi connectivity index (χ1v) is 9.21. The molecule has 3 aromatic rings. The highest BCUT2D eigenvalue weighted by molar-refractivity contribution is 5.96. The van der Waals surface area contributed by atoms with Crippen molar-refractivity contribution >= 4 is 17.1 Å². The molecule has 0 atom stereocenters. The molecule has 0 aliphatic carbocycles. The summed E-state index contributed by atoms with van der Waals surface area (Å²) in [5.74, 6) is 1.70. The van der Waals surface area contributed by atoms with Gasteiger partial charge >= 0.3 is 0 Å². The van der Waals surface area contributed by atoms with Crippen molar-refractivity contribution in [1.29, 1.82) is 0 Å². The second-order valence-electron chi connectivity index (χ2n) is 6.47. The van der Waals surface area contributed by atoms with Crippen molar-refractivity contribution < 1.29 is 4.74 Å². The molecule has 27 heavy (non-hydrogen) atoms. The van der Waals surface area contributed by atoms with Gasteiger partial charge in [-0.15, -0.1) is 0 Å². The largest absolute Gasteiger partial charge is 0.439 e. The quantitative estimate of drug-likeness (QED) is 0.521. The number of fused-ring (bicyclic) bond motifs is 1. The summed E-state index contributed by atoms with van der Waals surface area (Å²) in [4.78, 5) is 6.84. The molecule has 0 spiro atoms. The molecule has 0 bridgehead atoms. The summed E-state index contributed by atoms with van der Waals surface area (Å²) in [6.07, 6.45) is 2.00. The summed E-state index contributed by atoms with van der Waals surface area (Å²) < 4.78 is 6.12. The summed E-state index contributed by atoms with van der Waals surface area (Å²) in [5.41, 5.74) is 5.34. The number of hydrogen-bond donors (Lipinski definition) is 0. The van der Waals surface area contributed by atoms with Gasteiger partial charge in [-0.2, -0.15) is 0 Å². The average molecular weight is 354 g/mol. The number of ether oxygens (including phenoxy) is 1. The van der Waals surface area contributed by atoms with E-state index in [4.69, 9.17) is 4.74 Å². The van der Waals surface area contributed by atoms with E-state index < -0.39 is 0 Å². The molecule has 1 aliphatic heterocycles. The van der Waals surface area contributed by atoms with Crippen LogP contribution in [0.5, 0.6) is 5.75 Å². The van der Waals surface area contributed by atoms with Crippen LogP contribution in [-0.4, -0.2) is 12.3 Å². The third kappa shape index (κ3) is 3.63. The SMILES string of the molecule is CCN1C(=CC(C)=Nc2ccccc2)Oc2ccc(-c3ccccc3)cc21. The molecule has 3 nitrogen and oxygen atoms in total. The maximum atomic E-state index is 6.12. The minimum absolute atomic E-state index is 0.815. The van der Waals surface area contributed by atoms with Crippen molar-refractivity contribution in [2.45, 2.75) is 13.8 Å². The Morgan fingerprint density at radius 1 is 0.926 bits per heavy atom. The molecule has 0 unspecified atom stereocenters. The first-order chi connectivity index (χ1) is 13.2. The first kappa shape index (κ1) is 17.1. The molecule has 0 fully saturated rings. The van der Waals surface area contributed by atoms with Crippen molar-refractivity contribution in [3.63, 3.8) is 0 Å². The highest BCUT2D eigenvalue weighted by Crippen LogP contribution is 2.41. The maximum Gasteiger partial charge on any atom is 0.202 e. The fraction of sp³-hybridized carbons (Fsp3) is 0.125. The van der Waals surface area contributed by atoms with Crippen LogP contribution < -0.4 is 9.64 Å². The Kier molecular flexibility index (Phi) is 4.75. The number of nitrogens with zero attached hydrogens (tertiary/aromatic N) is 2. The van der Waals surface area contributed by atoms with Crippen LogP contribution in [0.3, 0.4) is 0 Å². The zero-order valence-electron chi connectivity index (χ0n) is 15.6. The van der Waals surface area contributed by atoms with E-state index in [1.807, 2.05) is 55.5 Å². The number of benzene rings is 3. The Morgan fingerprint density at radius 2 is 1.63 bits per heavy atom. The lowest BCUT2D eigenvalue weighted by atomic mass is 10.0. The average Bonchev–Trinajstić information content (AvgIpc) is 3.05. The number of anilines is 1. The van der Waals surface area contributed by atoms with Crippen LogP contribution in [-0.2, 0) is 0 Å². The van der Waals surface area contributed by atoms with Gasteiger partial charge in [0.1, 0.15) is 0 Å². The Bertz CT molecular complexity index is 991. The Balaban J connectivity index is 1.65. The zero-order chi connectivity index (χ0) is 18.6. The minimum atomic E-state index is 0.815. The van der Waals surface area contributed by atoms with Crippen LogP contribution in [0.15, 0.2) is 95.8 Å². The van der Waals surface area contributed by atoms with Crippen LogP contribution >= 0.6 is 0 Å². The van der Waals surface area contributed by atoms with E-state index in [0.717, 1.165) is 35.3 Å². The topological polar surface area (TPSA) is 24.8 Å². The van der Waals surface area contributed by atoms with Crippen LogP contribution in [0.4, 0.5) is 11.4 Å². The van der Waals surface area contributed by atoms with E-state index in [9.17, 15) is 0 Å².